The molecule has 1 rings (SSSR count). The van der Waals surface area contributed by atoms with Crippen molar-refractivity contribution < 1.29 is 14.7 Å². The number of carboxylic acids is 1. The fourth-order valence-electron chi connectivity index (χ4n) is 2.30. The predicted octanol–water partition coefficient (Wildman–Crippen LogP) is 1.52. The minimum atomic E-state index is -0.929. The van der Waals surface area contributed by atoms with E-state index in [4.69, 9.17) is 0 Å². The third-order valence-corrected chi connectivity index (χ3v) is 5.13. The second kappa shape index (κ2) is 7.89. The van der Waals surface area contributed by atoms with Gasteiger partial charge in [0.25, 0.3) is 0 Å². The Labute approximate surface area is 131 Å². The molecule has 1 aliphatic heterocycles. The van der Waals surface area contributed by atoms with E-state index >= 15 is 0 Å². The number of urea groups is 1. The molecule has 0 aliphatic carbocycles. The van der Waals surface area contributed by atoms with E-state index in [9.17, 15) is 14.7 Å². The lowest BCUT2D eigenvalue weighted by molar-refractivity contribution is -0.141. The first-order valence-corrected chi connectivity index (χ1v) is 8.36. The molecule has 7 heteroatoms. The molecule has 0 aromatic rings. The number of carboxylic acid groups (broad SMARTS) is 1. The highest BCUT2D eigenvalue weighted by Crippen LogP contribution is 2.34. The molecule has 122 valence electrons. The van der Waals surface area contributed by atoms with Crippen LogP contribution in [0, 0.1) is 5.92 Å². The van der Waals surface area contributed by atoms with Gasteiger partial charge in [0.15, 0.2) is 0 Å². The van der Waals surface area contributed by atoms with Gasteiger partial charge in [-0.25, -0.2) is 9.59 Å². The smallest absolute Gasteiger partial charge is 0.327 e. The zero-order valence-electron chi connectivity index (χ0n) is 13.5. The Morgan fingerprint density at radius 3 is 2.48 bits per heavy atom. The summed E-state index contributed by atoms with van der Waals surface area (Å²) in [5.41, 5.74) is 0. The van der Waals surface area contributed by atoms with Crippen LogP contribution in [0.4, 0.5) is 4.79 Å². The molecule has 2 amide bonds. The van der Waals surface area contributed by atoms with Crippen molar-refractivity contribution in [3.05, 3.63) is 0 Å². The number of rotatable bonds is 6. The van der Waals surface area contributed by atoms with Crippen LogP contribution in [0.5, 0.6) is 0 Å². The highest BCUT2D eigenvalue weighted by molar-refractivity contribution is 8.00. The lowest BCUT2D eigenvalue weighted by Crippen LogP contribution is -2.53. The molecule has 0 aromatic carbocycles. The lowest BCUT2D eigenvalue weighted by atomic mass is 10.1. The fourth-order valence-corrected chi connectivity index (χ4v) is 3.77. The Kier molecular flexibility index (Phi) is 6.80. The number of hydrogen-bond donors (Lipinski definition) is 2. The van der Waals surface area contributed by atoms with Gasteiger partial charge in [0.05, 0.1) is 5.37 Å². The average molecular weight is 317 g/mol. The van der Waals surface area contributed by atoms with Crippen molar-refractivity contribution in [3.63, 3.8) is 0 Å². The van der Waals surface area contributed by atoms with Gasteiger partial charge < -0.3 is 15.3 Å². The number of aliphatic carboxylic acids is 1. The molecular formula is C14H27N3O3S. The summed E-state index contributed by atoms with van der Waals surface area (Å²) < 4.78 is 0. The van der Waals surface area contributed by atoms with Crippen LogP contribution in [-0.4, -0.2) is 70.8 Å². The Balaban J connectivity index is 2.68. The maximum atomic E-state index is 12.5. The summed E-state index contributed by atoms with van der Waals surface area (Å²) in [5.74, 6) is -0.249. The number of amides is 2. The van der Waals surface area contributed by atoms with Crippen LogP contribution in [-0.2, 0) is 4.79 Å². The third kappa shape index (κ3) is 5.07. The standard InChI is InChI=1S/C14H27N3O3S/c1-9(2)12-17(11(8-21-12)13(18)19)14(20)15-10(3)6-7-16(4)5/h9-12H,6-8H2,1-5H3,(H,15,20)(H,18,19). The van der Waals surface area contributed by atoms with Crippen molar-refractivity contribution in [2.75, 3.05) is 26.4 Å². The van der Waals surface area contributed by atoms with Crippen LogP contribution in [0.1, 0.15) is 27.2 Å². The van der Waals surface area contributed by atoms with E-state index in [1.165, 1.54) is 4.90 Å². The van der Waals surface area contributed by atoms with Gasteiger partial charge >= 0.3 is 12.0 Å². The van der Waals surface area contributed by atoms with Crippen LogP contribution in [0.3, 0.4) is 0 Å². The fraction of sp³-hybridized carbons (Fsp3) is 0.857. The molecule has 0 bridgehead atoms. The van der Waals surface area contributed by atoms with Gasteiger partial charge in [-0.15, -0.1) is 11.8 Å². The van der Waals surface area contributed by atoms with Gasteiger partial charge in [0.2, 0.25) is 0 Å². The summed E-state index contributed by atoms with van der Waals surface area (Å²) in [6.45, 7) is 6.85. The molecule has 21 heavy (non-hydrogen) atoms. The van der Waals surface area contributed by atoms with Crippen LogP contribution >= 0.6 is 11.8 Å². The average Bonchev–Trinajstić information content (AvgIpc) is 2.81. The number of hydrogen-bond acceptors (Lipinski definition) is 4. The first-order chi connectivity index (χ1) is 9.73. The molecule has 1 fully saturated rings. The topological polar surface area (TPSA) is 72.9 Å². The second-order valence-electron chi connectivity index (χ2n) is 6.17. The zero-order valence-corrected chi connectivity index (χ0v) is 14.3. The molecule has 0 saturated carbocycles. The molecule has 0 aromatic heterocycles. The van der Waals surface area contributed by atoms with Gasteiger partial charge in [0, 0.05) is 11.8 Å². The van der Waals surface area contributed by atoms with E-state index in [1.54, 1.807) is 11.8 Å². The van der Waals surface area contributed by atoms with E-state index in [0.717, 1.165) is 13.0 Å². The van der Waals surface area contributed by atoms with E-state index in [2.05, 4.69) is 10.2 Å². The Bertz CT molecular complexity index is 376. The molecule has 0 spiro atoms. The number of nitrogens with one attached hydrogen (secondary N) is 1. The molecule has 3 atom stereocenters. The summed E-state index contributed by atoms with van der Waals surface area (Å²) in [7, 11) is 3.97. The van der Waals surface area contributed by atoms with E-state index in [-0.39, 0.29) is 23.4 Å². The number of nitrogens with zero attached hydrogens (tertiary/aromatic N) is 2. The Morgan fingerprint density at radius 2 is 2.00 bits per heavy atom. The third-order valence-electron chi connectivity index (χ3n) is 3.50. The monoisotopic (exact) mass is 317 g/mol. The number of carbonyl (C=O) groups is 2. The van der Waals surface area contributed by atoms with E-state index < -0.39 is 12.0 Å². The highest BCUT2D eigenvalue weighted by atomic mass is 32.2. The quantitative estimate of drug-likeness (QED) is 0.777. The van der Waals surface area contributed by atoms with E-state index in [1.807, 2.05) is 34.9 Å². The van der Waals surface area contributed by atoms with Gasteiger partial charge in [-0.05, 0) is 39.9 Å². The van der Waals surface area contributed by atoms with Gasteiger partial charge in [-0.3, -0.25) is 4.90 Å². The predicted molar refractivity (Wildman–Crippen MR) is 85.5 cm³/mol. The van der Waals surface area contributed by atoms with Crippen molar-refractivity contribution in [2.45, 2.75) is 44.6 Å². The van der Waals surface area contributed by atoms with Gasteiger partial charge in [-0.2, -0.15) is 0 Å². The second-order valence-corrected chi connectivity index (χ2v) is 7.32. The molecule has 6 nitrogen and oxygen atoms in total. The van der Waals surface area contributed by atoms with E-state index in [0.29, 0.717) is 5.75 Å². The molecule has 1 saturated heterocycles. The molecule has 1 aliphatic rings. The summed E-state index contributed by atoms with van der Waals surface area (Å²) >= 11 is 1.54. The number of carbonyl (C=O) groups excluding carboxylic acids is 1. The van der Waals surface area contributed by atoms with Crippen LogP contribution < -0.4 is 5.32 Å². The molecule has 3 unspecified atom stereocenters. The van der Waals surface area contributed by atoms with Crippen LogP contribution in [0.15, 0.2) is 0 Å². The highest BCUT2D eigenvalue weighted by Gasteiger charge is 2.43. The van der Waals surface area contributed by atoms with Crippen molar-refractivity contribution in [1.29, 1.82) is 0 Å². The normalized spacial score (nSPS) is 23.7. The Morgan fingerprint density at radius 1 is 1.38 bits per heavy atom. The van der Waals surface area contributed by atoms with Crippen LogP contribution in [0.25, 0.3) is 0 Å². The molecule has 2 N–H and O–H groups in total. The van der Waals surface area contributed by atoms with Crippen molar-refractivity contribution in [3.8, 4) is 0 Å². The van der Waals surface area contributed by atoms with Crippen molar-refractivity contribution >= 4 is 23.8 Å². The maximum absolute atomic E-state index is 12.5. The minimum absolute atomic E-state index is 0.0211. The van der Waals surface area contributed by atoms with Crippen LogP contribution in [0.2, 0.25) is 0 Å². The first-order valence-electron chi connectivity index (χ1n) is 7.32. The SMILES string of the molecule is CC(CCN(C)C)NC(=O)N1C(C(=O)O)CSC1C(C)C. The summed E-state index contributed by atoms with van der Waals surface area (Å²) in [4.78, 5) is 27.4. The maximum Gasteiger partial charge on any atom is 0.327 e. The first kappa shape index (κ1) is 18.1. The largest absolute Gasteiger partial charge is 0.480 e. The number of thioether (sulfide) groups is 1. The van der Waals surface area contributed by atoms with Gasteiger partial charge in [-0.1, -0.05) is 13.8 Å². The van der Waals surface area contributed by atoms with Crippen molar-refractivity contribution in [2.24, 2.45) is 5.92 Å². The summed E-state index contributed by atoms with van der Waals surface area (Å²) in [5, 5.41) is 12.2. The summed E-state index contributed by atoms with van der Waals surface area (Å²) in [6, 6.07) is -0.978. The summed E-state index contributed by atoms with van der Waals surface area (Å²) in [6.07, 6.45) is 0.837. The minimum Gasteiger partial charge on any atom is -0.480 e. The molecule has 0 radical (unpaired) electrons. The molecule has 1 heterocycles. The van der Waals surface area contributed by atoms with Crippen molar-refractivity contribution in [1.82, 2.24) is 15.1 Å². The Hall–Kier alpha value is -0.950. The lowest BCUT2D eigenvalue weighted by Gasteiger charge is -2.31. The zero-order chi connectivity index (χ0) is 16.2. The molecular weight excluding hydrogens is 290 g/mol. The van der Waals surface area contributed by atoms with Gasteiger partial charge in [0.1, 0.15) is 6.04 Å².